The van der Waals surface area contributed by atoms with Crippen molar-refractivity contribution in [2.24, 2.45) is 0 Å². The van der Waals surface area contributed by atoms with Crippen LogP contribution in [0.15, 0.2) is 47.4 Å². The predicted octanol–water partition coefficient (Wildman–Crippen LogP) is 4.84. The Bertz CT molecular complexity index is 693. The average molecular weight is 337 g/mol. The Labute approximate surface area is 137 Å². The maximum absolute atomic E-state index is 13.4. The molecule has 1 heterocycles. The fourth-order valence-corrected chi connectivity index (χ4v) is 3.61. The van der Waals surface area contributed by atoms with Crippen LogP contribution in [0.5, 0.6) is 0 Å². The van der Waals surface area contributed by atoms with Gasteiger partial charge in [0.25, 0.3) is 0 Å². The van der Waals surface area contributed by atoms with Crippen molar-refractivity contribution in [1.29, 1.82) is 0 Å². The lowest BCUT2D eigenvalue weighted by atomic mass is 10.0. The molecule has 2 aromatic rings. The Hall–Kier alpha value is -1.72. The van der Waals surface area contributed by atoms with Gasteiger partial charge in [0.1, 0.15) is 5.82 Å². The van der Waals surface area contributed by atoms with Crippen LogP contribution in [0.25, 0.3) is 0 Å². The van der Waals surface area contributed by atoms with Gasteiger partial charge >= 0.3 is 6.03 Å². The van der Waals surface area contributed by atoms with E-state index in [2.05, 4.69) is 10.6 Å². The number of rotatable bonds is 2. The van der Waals surface area contributed by atoms with Gasteiger partial charge in [0, 0.05) is 21.4 Å². The number of amides is 2. The van der Waals surface area contributed by atoms with Gasteiger partial charge in [-0.3, -0.25) is 0 Å². The number of fused-ring (bicyclic) bond motifs is 1. The summed E-state index contributed by atoms with van der Waals surface area (Å²) in [6.07, 6.45) is 0.773. The molecule has 3 nitrogen and oxygen atoms in total. The molecule has 0 saturated carbocycles. The highest BCUT2D eigenvalue weighted by Gasteiger charge is 2.22. The van der Waals surface area contributed by atoms with Gasteiger partial charge in [-0.05, 0) is 54.4 Å². The van der Waals surface area contributed by atoms with Gasteiger partial charge in [-0.25, -0.2) is 9.18 Å². The number of halogens is 2. The molecular formula is C16H14ClFN2OS. The minimum absolute atomic E-state index is 0.181. The Morgan fingerprint density at radius 2 is 2.00 bits per heavy atom. The third-order valence-electron chi connectivity index (χ3n) is 3.42. The smallest absolute Gasteiger partial charge is 0.319 e. The first-order valence-electron chi connectivity index (χ1n) is 6.87. The monoisotopic (exact) mass is 336 g/mol. The van der Waals surface area contributed by atoms with Gasteiger partial charge in [-0.2, -0.15) is 0 Å². The van der Waals surface area contributed by atoms with Crippen LogP contribution in [-0.2, 0) is 0 Å². The first kappa shape index (κ1) is 15.2. The van der Waals surface area contributed by atoms with Crippen molar-refractivity contribution in [3.63, 3.8) is 0 Å². The van der Waals surface area contributed by atoms with Crippen molar-refractivity contribution in [2.45, 2.75) is 17.4 Å². The second-order valence-electron chi connectivity index (χ2n) is 4.98. The molecule has 3 rings (SSSR count). The van der Waals surface area contributed by atoms with Crippen LogP contribution in [0.3, 0.4) is 0 Å². The van der Waals surface area contributed by atoms with Crippen LogP contribution in [-0.4, -0.2) is 11.8 Å². The molecule has 0 fully saturated rings. The first-order valence-corrected chi connectivity index (χ1v) is 8.23. The summed E-state index contributed by atoms with van der Waals surface area (Å²) in [6, 6.07) is 11.1. The van der Waals surface area contributed by atoms with Gasteiger partial charge in [0.15, 0.2) is 0 Å². The standard InChI is InChI=1S/C16H14ClFN2OS/c17-10-1-4-12(5-2-10)19-16(21)20-14-7-8-22-15-6-3-11(18)9-13(14)15/h1-6,9,14H,7-8H2,(H2,19,20,21)/t14-/m1/s1. The van der Waals surface area contributed by atoms with E-state index >= 15 is 0 Å². The maximum atomic E-state index is 13.4. The molecule has 0 spiro atoms. The molecule has 0 unspecified atom stereocenters. The van der Waals surface area contributed by atoms with Crippen LogP contribution in [0.4, 0.5) is 14.9 Å². The van der Waals surface area contributed by atoms with Crippen LogP contribution in [0.2, 0.25) is 5.02 Å². The van der Waals surface area contributed by atoms with Crippen molar-refractivity contribution < 1.29 is 9.18 Å². The SMILES string of the molecule is O=C(Nc1ccc(Cl)cc1)N[C@@H]1CCSc2ccc(F)cc21. The number of thioether (sulfide) groups is 1. The number of carbonyl (C=O) groups is 1. The van der Waals surface area contributed by atoms with Gasteiger partial charge < -0.3 is 10.6 Å². The highest BCUT2D eigenvalue weighted by atomic mass is 35.5. The summed E-state index contributed by atoms with van der Waals surface area (Å²) in [5.74, 6) is 0.607. The first-order chi connectivity index (χ1) is 10.6. The fourth-order valence-electron chi connectivity index (χ4n) is 2.37. The molecule has 6 heteroatoms. The zero-order valence-corrected chi connectivity index (χ0v) is 13.2. The second-order valence-corrected chi connectivity index (χ2v) is 6.55. The van der Waals surface area contributed by atoms with E-state index in [0.29, 0.717) is 10.7 Å². The molecule has 0 radical (unpaired) electrons. The number of urea groups is 1. The summed E-state index contributed by atoms with van der Waals surface area (Å²) in [7, 11) is 0. The Morgan fingerprint density at radius 1 is 1.23 bits per heavy atom. The molecule has 0 bridgehead atoms. The maximum Gasteiger partial charge on any atom is 0.319 e. The van der Waals surface area contributed by atoms with E-state index in [-0.39, 0.29) is 17.9 Å². The quantitative estimate of drug-likeness (QED) is 0.824. The summed E-state index contributed by atoms with van der Waals surface area (Å²) in [4.78, 5) is 13.1. The van der Waals surface area contributed by atoms with Gasteiger partial charge in [-0.15, -0.1) is 11.8 Å². The van der Waals surface area contributed by atoms with E-state index in [1.807, 2.05) is 0 Å². The Balaban J connectivity index is 1.70. The number of anilines is 1. The molecule has 0 saturated heterocycles. The number of nitrogens with one attached hydrogen (secondary N) is 2. The number of carbonyl (C=O) groups excluding carboxylic acids is 1. The number of hydrogen-bond donors (Lipinski definition) is 2. The lowest BCUT2D eigenvalue weighted by Crippen LogP contribution is -2.34. The molecular weight excluding hydrogens is 323 g/mol. The summed E-state index contributed by atoms with van der Waals surface area (Å²) in [6.45, 7) is 0. The molecule has 1 atom stereocenters. The van der Waals surface area contributed by atoms with E-state index in [4.69, 9.17) is 11.6 Å². The van der Waals surface area contributed by atoms with Crippen LogP contribution >= 0.6 is 23.4 Å². The molecule has 0 aliphatic carbocycles. The summed E-state index contributed by atoms with van der Waals surface area (Å²) in [5, 5.41) is 6.27. The summed E-state index contributed by atoms with van der Waals surface area (Å²) >= 11 is 7.49. The predicted molar refractivity (Wildman–Crippen MR) is 88.1 cm³/mol. The van der Waals surface area contributed by atoms with Crippen molar-refractivity contribution in [2.75, 3.05) is 11.1 Å². The Kier molecular flexibility index (Phi) is 4.55. The van der Waals surface area contributed by atoms with E-state index in [9.17, 15) is 9.18 Å². The zero-order chi connectivity index (χ0) is 15.5. The van der Waals surface area contributed by atoms with E-state index in [1.165, 1.54) is 12.1 Å². The molecule has 2 amide bonds. The van der Waals surface area contributed by atoms with E-state index in [1.54, 1.807) is 42.1 Å². The van der Waals surface area contributed by atoms with Gasteiger partial charge in [-0.1, -0.05) is 11.6 Å². The molecule has 2 N–H and O–H groups in total. The van der Waals surface area contributed by atoms with Gasteiger partial charge in [0.05, 0.1) is 6.04 Å². The lowest BCUT2D eigenvalue weighted by molar-refractivity contribution is 0.248. The largest absolute Gasteiger partial charge is 0.331 e. The summed E-state index contributed by atoms with van der Waals surface area (Å²) in [5.41, 5.74) is 1.49. The number of hydrogen-bond acceptors (Lipinski definition) is 2. The average Bonchev–Trinajstić information content (AvgIpc) is 2.50. The second kappa shape index (κ2) is 6.58. The fraction of sp³-hybridized carbons (Fsp3) is 0.188. The third-order valence-corrected chi connectivity index (χ3v) is 4.79. The van der Waals surface area contributed by atoms with Crippen molar-refractivity contribution in [3.8, 4) is 0 Å². The molecule has 2 aromatic carbocycles. The van der Waals surface area contributed by atoms with Crippen molar-refractivity contribution in [3.05, 3.63) is 58.9 Å². The lowest BCUT2D eigenvalue weighted by Gasteiger charge is -2.26. The highest BCUT2D eigenvalue weighted by molar-refractivity contribution is 7.99. The van der Waals surface area contributed by atoms with Gasteiger partial charge in [0.2, 0.25) is 0 Å². The molecule has 22 heavy (non-hydrogen) atoms. The van der Waals surface area contributed by atoms with Crippen LogP contribution < -0.4 is 10.6 Å². The van der Waals surface area contributed by atoms with Crippen LogP contribution in [0.1, 0.15) is 18.0 Å². The number of benzene rings is 2. The molecule has 1 aliphatic rings. The summed E-state index contributed by atoms with van der Waals surface area (Å²) < 4.78 is 13.4. The topological polar surface area (TPSA) is 41.1 Å². The van der Waals surface area contributed by atoms with Crippen molar-refractivity contribution >= 4 is 35.1 Å². The normalized spacial score (nSPS) is 16.7. The minimum Gasteiger partial charge on any atom is -0.331 e. The third kappa shape index (κ3) is 3.54. The van der Waals surface area contributed by atoms with Crippen LogP contribution in [0, 0.1) is 5.82 Å². The molecule has 114 valence electrons. The molecule has 0 aromatic heterocycles. The van der Waals surface area contributed by atoms with E-state index < -0.39 is 0 Å². The van der Waals surface area contributed by atoms with E-state index in [0.717, 1.165) is 22.6 Å². The zero-order valence-electron chi connectivity index (χ0n) is 11.6. The molecule has 1 aliphatic heterocycles. The van der Waals surface area contributed by atoms with Crippen molar-refractivity contribution in [1.82, 2.24) is 5.32 Å². The highest BCUT2D eigenvalue weighted by Crippen LogP contribution is 2.36. The minimum atomic E-state index is -0.311. The Morgan fingerprint density at radius 3 is 2.77 bits per heavy atom.